The highest BCUT2D eigenvalue weighted by molar-refractivity contribution is 6.31. The number of halogens is 2. The molecule has 0 radical (unpaired) electrons. The van der Waals surface area contributed by atoms with Crippen LogP contribution in [0.25, 0.3) is 11.0 Å². The molecule has 3 rings (SSSR count). The maximum absolute atomic E-state index is 5.99. The van der Waals surface area contributed by atoms with E-state index in [2.05, 4.69) is 14.5 Å². The number of aryl methyl sites for hydroxylation is 1. The third-order valence-corrected chi connectivity index (χ3v) is 3.60. The van der Waals surface area contributed by atoms with Gasteiger partial charge in [0.15, 0.2) is 0 Å². The van der Waals surface area contributed by atoms with Crippen LogP contribution in [0.3, 0.4) is 0 Å². The molecule has 0 saturated heterocycles. The molecule has 2 heterocycles. The van der Waals surface area contributed by atoms with E-state index in [9.17, 15) is 0 Å². The van der Waals surface area contributed by atoms with Gasteiger partial charge < -0.3 is 9.13 Å². The zero-order chi connectivity index (χ0) is 13.4. The van der Waals surface area contributed by atoms with Crippen molar-refractivity contribution in [2.75, 3.05) is 0 Å². The fourth-order valence-corrected chi connectivity index (χ4v) is 2.49. The van der Waals surface area contributed by atoms with E-state index in [4.69, 9.17) is 23.2 Å². The Hall–Kier alpha value is -1.52. The van der Waals surface area contributed by atoms with Gasteiger partial charge in [0.05, 0.1) is 23.5 Å². The molecule has 0 aliphatic rings. The molecule has 1 aromatic carbocycles. The highest BCUT2D eigenvalue weighted by Gasteiger charge is 2.12. The van der Waals surface area contributed by atoms with E-state index < -0.39 is 0 Å². The lowest BCUT2D eigenvalue weighted by atomic mass is 10.3. The van der Waals surface area contributed by atoms with Crippen LogP contribution in [-0.4, -0.2) is 19.1 Å². The Kier molecular flexibility index (Phi) is 3.21. The Balaban J connectivity index is 2.13. The molecule has 0 unspecified atom stereocenters. The molecule has 0 amide bonds. The van der Waals surface area contributed by atoms with Crippen molar-refractivity contribution in [2.45, 2.75) is 12.4 Å². The molecule has 0 aliphatic heterocycles. The molecule has 0 bridgehead atoms. The van der Waals surface area contributed by atoms with Crippen molar-refractivity contribution in [2.24, 2.45) is 7.05 Å². The molecular formula is C13H12Cl2N4. The fraction of sp³-hybridized carbons (Fsp3) is 0.231. The normalized spacial score (nSPS) is 11.3. The fourth-order valence-electron chi connectivity index (χ4n) is 2.12. The summed E-state index contributed by atoms with van der Waals surface area (Å²) in [5.74, 6) is 2.14. The Morgan fingerprint density at radius 3 is 2.79 bits per heavy atom. The molecule has 0 spiro atoms. The second-order valence-corrected chi connectivity index (χ2v) is 5.04. The van der Waals surface area contributed by atoms with Crippen molar-refractivity contribution < 1.29 is 0 Å². The number of hydrogen-bond donors (Lipinski definition) is 0. The smallest absolute Gasteiger partial charge is 0.128 e. The molecule has 0 N–H and O–H groups in total. The number of rotatable bonds is 3. The predicted octanol–water partition coefficient (Wildman–Crippen LogP) is 3.21. The van der Waals surface area contributed by atoms with Crippen LogP contribution in [0.5, 0.6) is 0 Å². The third-order valence-electron chi connectivity index (χ3n) is 3.13. The molecule has 0 saturated carbocycles. The number of fused-ring (bicyclic) bond motifs is 1. The molecule has 0 atom stereocenters. The Labute approximate surface area is 120 Å². The van der Waals surface area contributed by atoms with E-state index in [-0.39, 0.29) is 0 Å². The summed E-state index contributed by atoms with van der Waals surface area (Å²) < 4.78 is 4.06. The van der Waals surface area contributed by atoms with Crippen LogP contribution in [0.1, 0.15) is 11.6 Å². The summed E-state index contributed by atoms with van der Waals surface area (Å²) in [5.41, 5.74) is 1.88. The van der Waals surface area contributed by atoms with Gasteiger partial charge in [-0.2, -0.15) is 0 Å². The number of nitrogens with zero attached hydrogens (tertiary/aromatic N) is 4. The van der Waals surface area contributed by atoms with Crippen LogP contribution in [0.2, 0.25) is 5.02 Å². The Morgan fingerprint density at radius 1 is 1.26 bits per heavy atom. The van der Waals surface area contributed by atoms with E-state index in [1.54, 1.807) is 6.20 Å². The molecule has 0 aliphatic carbocycles. The molecule has 4 nitrogen and oxygen atoms in total. The van der Waals surface area contributed by atoms with Gasteiger partial charge >= 0.3 is 0 Å². The van der Waals surface area contributed by atoms with Gasteiger partial charge in [0, 0.05) is 24.5 Å². The van der Waals surface area contributed by atoms with Crippen molar-refractivity contribution in [3.8, 4) is 0 Å². The van der Waals surface area contributed by atoms with Crippen molar-refractivity contribution in [1.82, 2.24) is 19.1 Å². The van der Waals surface area contributed by atoms with Gasteiger partial charge in [-0.3, -0.25) is 0 Å². The van der Waals surface area contributed by atoms with Gasteiger partial charge in [0.2, 0.25) is 0 Å². The SMILES string of the molecule is Cn1ccnc1Cn1c(CCl)nc2cc(Cl)ccc21. The highest BCUT2D eigenvalue weighted by atomic mass is 35.5. The van der Waals surface area contributed by atoms with Crippen LogP contribution >= 0.6 is 23.2 Å². The maximum atomic E-state index is 5.99. The number of imidazole rings is 2. The Morgan fingerprint density at radius 2 is 2.11 bits per heavy atom. The van der Waals surface area contributed by atoms with Gasteiger partial charge in [-0.1, -0.05) is 11.6 Å². The molecule has 3 aromatic rings. The molecular weight excluding hydrogens is 283 g/mol. The molecule has 19 heavy (non-hydrogen) atoms. The lowest BCUT2D eigenvalue weighted by molar-refractivity contribution is 0.693. The number of alkyl halides is 1. The summed E-state index contributed by atoms with van der Waals surface area (Å²) in [4.78, 5) is 8.85. The number of benzene rings is 1. The molecule has 0 fully saturated rings. The van der Waals surface area contributed by atoms with Gasteiger partial charge in [-0.25, -0.2) is 9.97 Å². The van der Waals surface area contributed by atoms with Crippen LogP contribution in [0.4, 0.5) is 0 Å². The summed E-state index contributed by atoms with van der Waals surface area (Å²) in [6.07, 6.45) is 3.71. The lowest BCUT2D eigenvalue weighted by Gasteiger charge is -2.07. The summed E-state index contributed by atoms with van der Waals surface area (Å²) in [6, 6.07) is 5.67. The molecule has 98 valence electrons. The van der Waals surface area contributed by atoms with E-state index >= 15 is 0 Å². The molecule has 2 aromatic heterocycles. The summed E-state index contributed by atoms with van der Waals surface area (Å²) in [6.45, 7) is 0.643. The van der Waals surface area contributed by atoms with E-state index in [1.807, 2.05) is 36.0 Å². The van der Waals surface area contributed by atoms with Crippen LogP contribution in [0, 0.1) is 0 Å². The summed E-state index contributed by atoms with van der Waals surface area (Å²) in [7, 11) is 1.97. The van der Waals surface area contributed by atoms with E-state index in [0.717, 1.165) is 22.7 Å². The average Bonchev–Trinajstić information content (AvgIpc) is 2.94. The maximum Gasteiger partial charge on any atom is 0.128 e. The number of aromatic nitrogens is 4. The topological polar surface area (TPSA) is 35.6 Å². The Bertz CT molecular complexity index is 729. The largest absolute Gasteiger partial charge is 0.337 e. The van der Waals surface area contributed by atoms with Gasteiger partial charge in [0.1, 0.15) is 11.6 Å². The first-order valence-electron chi connectivity index (χ1n) is 5.86. The summed E-state index contributed by atoms with van der Waals surface area (Å²) in [5, 5.41) is 0.676. The zero-order valence-corrected chi connectivity index (χ0v) is 11.9. The summed E-state index contributed by atoms with van der Waals surface area (Å²) >= 11 is 12.0. The average molecular weight is 295 g/mol. The van der Waals surface area contributed by atoms with E-state index in [1.165, 1.54) is 0 Å². The van der Waals surface area contributed by atoms with Gasteiger partial charge in [-0.05, 0) is 18.2 Å². The van der Waals surface area contributed by atoms with Crippen molar-refractivity contribution in [3.63, 3.8) is 0 Å². The first-order chi connectivity index (χ1) is 9.19. The second kappa shape index (κ2) is 4.87. The van der Waals surface area contributed by atoms with Gasteiger partial charge in [0.25, 0.3) is 0 Å². The first kappa shape index (κ1) is 12.5. The zero-order valence-electron chi connectivity index (χ0n) is 10.3. The quantitative estimate of drug-likeness (QED) is 0.696. The third kappa shape index (κ3) is 2.22. The highest BCUT2D eigenvalue weighted by Crippen LogP contribution is 2.22. The standard InChI is InChI=1S/C13H12Cl2N4/c1-18-5-4-16-13(18)8-19-11-3-2-9(15)6-10(11)17-12(19)7-14/h2-6H,7-8H2,1H3. The minimum Gasteiger partial charge on any atom is -0.337 e. The predicted molar refractivity (Wildman–Crippen MR) is 76.6 cm³/mol. The van der Waals surface area contributed by atoms with Crippen molar-refractivity contribution in [1.29, 1.82) is 0 Å². The van der Waals surface area contributed by atoms with Crippen LogP contribution in [-0.2, 0) is 19.5 Å². The lowest BCUT2D eigenvalue weighted by Crippen LogP contribution is -2.08. The van der Waals surface area contributed by atoms with Crippen molar-refractivity contribution in [3.05, 3.63) is 47.3 Å². The second-order valence-electron chi connectivity index (χ2n) is 4.34. The monoisotopic (exact) mass is 294 g/mol. The minimum absolute atomic E-state index is 0.358. The van der Waals surface area contributed by atoms with E-state index in [0.29, 0.717) is 17.4 Å². The minimum atomic E-state index is 0.358. The number of hydrogen-bond acceptors (Lipinski definition) is 2. The molecule has 6 heteroatoms. The van der Waals surface area contributed by atoms with Crippen LogP contribution < -0.4 is 0 Å². The van der Waals surface area contributed by atoms with Gasteiger partial charge in [-0.15, -0.1) is 11.6 Å². The van der Waals surface area contributed by atoms with Crippen LogP contribution in [0.15, 0.2) is 30.6 Å². The van der Waals surface area contributed by atoms with Crippen molar-refractivity contribution >= 4 is 34.2 Å². The first-order valence-corrected chi connectivity index (χ1v) is 6.77.